The summed E-state index contributed by atoms with van der Waals surface area (Å²) in [6.45, 7) is -0.254. The average molecular weight is 453 g/mol. The van der Waals surface area contributed by atoms with Crippen LogP contribution in [0.5, 0.6) is 5.75 Å². The van der Waals surface area contributed by atoms with Crippen LogP contribution in [0.15, 0.2) is 71.7 Å². The zero-order valence-corrected chi connectivity index (χ0v) is 17.4. The third kappa shape index (κ3) is 4.12. The minimum atomic E-state index is -4.47. The molecule has 0 aliphatic heterocycles. The summed E-state index contributed by atoms with van der Waals surface area (Å²) in [6, 6.07) is 14.1. The topological polar surface area (TPSA) is 68.5 Å². The van der Waals surface area contributed by atoms with Crippen molar-refractivity contribution in [2.75, 3.05) is 7.11 Å². The average Bonchev–Trinajstić information content (AvgIpc) is 2.83. The highest BCUT2D eigenvalue weighted by molar-refractivity contribution is 5.96. The smallest absolute Gasteiger partial charge is 0.416 e. The Morgan fingerprint density at radius 1 is 1.00 bits per heavy atom. The number of nitrogens with zero attached hydrogens (tertiary/aromatic N) is 1. The van der Waals surface area contributed by atoms with E-state index in [1.807, 2.05) is 0 Å². The first-order chi connectivity index (χ1) is 15.8. The van der Waals surface area contributed by atoms with Gasteiger partial charge in [-0.1, -0.05) is 18.2 Å². The number of carbonyl (C=O) groups excluding carboxylic acids is 1. The second-order valence-electron chi connectivity index (χ2n) is 7.38. The molecule has 0 unspecified atom stereocenters. The number of aldehydes is 1. The lowest BCUT2D eigenvalue weighted by molar-refractivity contribution is -0.137. The van der Waals surface area contributed by atoms with E-state index in [2.05, 4.69) is 0 Å². The zero-order valence-electron chi connectivity index (χ0n) is 17.4. The lowest BCUT2D eigenvalue weighted by Crippen LogP contribution is -2.19. The molecule has 0 radical (unpaired) electrons. The highest BCUT2D eigenvalue weighted by Crippen LogP contribution is 2.33. The number of halogens is 3. The van der Waals surface area contributed by atoms with Crippen LogP contribution in [0.1, 0.15) is 21.5 Å². The van der Waals surface area contributed by atoms with Gasteiger partial charge in [-0.3, -0.25) is 14.2 Å². The summed E-state index contributed by atoms with van der Waals surface area (Å²) in [5, 5.41) is 10.4. The van der Waals surface area contributed by atoms with Gasteiger partial charge in [0.1, 0.15) is 5.75 Å². The molecule has 4 aromatic rings. The van der Waals surface area contributed by atoms with Gasteiger partial charge >= 0.3 is 6.18 Å². The summed E-state index contributed by atoms with van der Waals surface area (Å²) >= 11 is 0. The molecule has 3 aromatic carbocycles. The van der Waals surface area contributed by atoms with Gasteiger partial charge in [-0.2, -0.15) is 13.2 Å². The third-order valence-corrected chi connectivity index (χ3v) is 5.41. The number of ether oxygens (including phenoxy) is 1. The van der Waals surface area contributed by atoms with Crippen LogP contribution in [-0.2, 0) is 12.8 Å². The highest BCUT2D eigenvalue weighted by Gasteiger charge is 2.30. The largest absolute Gasteiger partial charge is 0.496 e. The molecule has 5 nitrogen and oxygen atoms in total. The molecule has 0 saturated carbocycles. The van der Waals surface area contributed by atoms with E-state index in [-0.39, 0.29) is 17.9 Å². The van der Waals surface area contributed by atoms with Crippen molar-refractivity contribution < 1.29 is 27.8 Å². The molecule has 0 atom stereocenters. The summed E-state index contributed by atoms with van der Waals surface area (Å²) < 4.78 is 45.7. The monoisotopic (exact) mass is 453 g/mol. The Hall–Kier alpha value is -3.91. The predicted molar refractivity (Wildman–Crippen MR) is 118 cm³/mol. The van der Waals surface area contributed by atoms with Gasteiger partial charge in [-0.05, 0) is 52.9 Å². The molecule has 1 heterocycles. The Balaban J connectivity index is 2.00. The molecule has 1 N–H and O–H groups in total. The fourth-order valence-corrected chi connectivity index (χ4v) is 3.69. The van der Waals surface area contributed by atoms with Crippen LogP contribution in [0.3, 0.4) is 0 Å². The summed E-state index contributed by atoms with van der Waals surface area (Å²) in [7, 11) is 1.40. The van der Waals surface area contributed by atoms with Gasteiger partial charge in [-0.15, -0.1) is 0 Å². The minimum absolute atomic E-state index is 0.254. The van der Waals surface area contributed by atoms with Crippen LogP contribution in [0.25, 0.3) is 27.6 Å². The Morgan fingerprint density at radius 3 is 2.33 bits per heavy atom. The molecular formula is C25H18F3NO4. The molecule has 8 heteroatoms. The van der Waals surface area contributed by atoms with E-state index < -0.39 is 11.7 Å². The van der Waals surface area contributed by atoms with Crippen molar-refractivity contribution >= 4 is 17.1 Å². The van der Waals surface area contributed by atoms with Crippen molar-refractivity contribution in [3.63, 3.8) is 0 Å². The van der Waals surface area contributed by atoms with Crippen molar-refractivity contribution in [3.05, 3.63) is 93.9 Å². The molecular weight excluding hydrogens is 435 g/mol. The number of rotatable bonds is 5. The van der Waals surface area contributed by atoms with E-state index in [1.54, 1.807) is 24.3 Å². The number of pyridine rings is 1. The van der Waals surface area contributed by atoms with Crippen LogP contribution < -0.4 is 10.3 Å². The van der Waals surface area contributed by atoms with Crippen molar-refractivity contribution in [3.8, 4) is 22.6 Å². The first-order valence-electron chi connectivity index (χ1n) is 9.87. The van der Waals surface area contributed by atoms with E-state index in [1.165, 1.54) is 42.1 Å². The van der Waals surface area contributed by atoms with Gasteiger partial charge in [0.15, 0.2) is 6.29 Å². The number of aromatic nitrogens is 1. The number of benzene rings is 3. The maximum Gasteiger partial charge on any atom is 0.416 e. The van der Waals surface area contributed by atoms with Gasteiger partial charge in [0.2, 0.25) is 0 Å². The predicted octanol–water partition coefficient (Wildman–Crippen LogP) is 4.99. The van der Waals surface area contributed by atoms with Gasteiger partial charge in [0, 0.05) is 23.2 Å². The molecule has 0 aliphatic rings. The number of methoxy groups -OCH3 is 1. The summed E-state index contributed by atoms with van der Waals surface area (Å²) in [4.78, 5) is 24.5. The van der Waals surface area contributed by atoms with Crippen LogP contribution in [0.2, 0.25) is 0 Å². The highest BCUT2D eigenvalue weighted by atomic mass is 19.4. The Bertz CT molecular complexity index is 1410. The fraction of sp³-hybridized carbons (Fsp3) is 0.120. The fourth-order valence-electron chi connectivity index (χ4n) is 3.69. The van der Waals surface area contributed by atoms with Gasteiger partial charge in [0.05, 0.1) is 30.5 Å². The van der Waals surface area contributed by atoms with Gasteiger partial charge in [0.25, 0.3) is 5.56 Å². The number of alkyl halides is 3. The lowest BCUT2D eigenvalue weighted by Gasteiger charge is -2.15. The molecule has 0 fully saturated rings. The quantitative estimate of drug-likeness (QED) is 0.433. The number of carbonyl (C=O) groups is 1. The first kappa shape index (κ1) is 22.3. The minimum Gasteiger partial charge on any atom is -0.496 e. The molecule has 0 saturated heterocycles. The van der Waals surface area contributed by atoms with Crippen molar-refractivity contribution in [2.24, 2.45) is 0 Å². The lowest BCUT2D eigenvalue weighted by atomic mass is 9.97. The maximum absolute atomic E-state index is 13.3. The molecule has 168 valence electrons. The van der Waals surface area contributed by atoms with Crippen LogP contribution in [0, 0.1) is 0 Å². The molecule has 33 heavy (non-hydrogen) atoms. The maximum atomic E-state index is 13.3. The number of aliphatic hydroxyl groups is 1. The van der Waals surface area contributed by atoms with Crippen LogP contribution in [0.4, 0.5) is 13.2 Å². The van der Waals surface area contributed by atoms with E-state index in [4.69, 9.17) is 4.74 Å². The van der Waals surface area contributed by atoms with Crippen molar-refractivity contribution in [2.45, 2.75) is 12.8 Å². The number of fused-ring (bicyclic) bond motifs is 1. The molecule has 0 spiro atoms. The van der Waals surface area contributed by atoms with Crippen molar-refractivity contribution in [1.82, 2.24) is 4.57 Å². The Labute approximate surface area is 186 Å². The SMILES string of the molecule is COc1cc(-n2cc(-c3ccc(C(F)(F)F)cc3)c3cc(CO)ccc3c2=O)ccc1C=O. The Morgan fingerprint density at radius 2 is 1.73 bits per heavy atom. The van der Waals surface area contributed by atoms with E-state index in [9.17, 15) is 27.9 Å². The van der Waals surface area contributed by atoms with E-state index >= 15 is 0 Å². The van der Waals surface area contributed by atoms with Crippen LogP contribution in [-0.4, -0.2) is 23.1 Å². The molecule has 0 aliphatic carbocycles. The van der Waals surface area contributed by atoms with Crippen molar-refractivity contribution in [1.29, 1.82) is 0 Å². The third-order valence-electron chi connectivity index (χ3n) is 5.41. The number of hydrogen-bond donors (Lipinski definition) is 1. The normalized spacial score (nSPS) is 11.5. The Kier molecular flexibility index (Phi) is 5.78. The molecule has 0 amide bonds. The van der Waals surface area contributed by atoms with Gasteiger partial charge in [-0.25, -0.2) is 0 Å². The summed E-state index contributed by atoms with van der Waals surface area (Å²) in [5.74, 6) is 0.279. The standard InChI is InChI=1S/C25H18F3NO4/c1-33-23-11-19(8-5-17(23)14-31)29-12-22(16-3-6-18(7-4-16)25(26,27)28)21-10-15(13-30)2-9-20(21)24(29)32/h2-12,14,30H,13H2,1H3. The van der Waals surface area contributed by atoms with Gasteiger partial charge < -0.3 is 9.84 Å². The molecule has 4 rings (SSSR count). The molecule has 1 aromatic heterocycles. The van der Waals surface area contributed by atoms with Crippen LogP contribution >= 0.6 is 0 Å². The summed E-state index contributed by atoms with van der Waals surface area (Å²) in [5.41, 5.74) is 1.11. The number of aliphatic hydroxyl groups excluding tert-OH is 1. The second kappa shape index (κ2) is 8.55. The summed E-state index contributed by atoms with van der Waals surface area (Å²) in [6.07, 6.45) is -2.31. The second-order valence-corrected chi connectivity index (χ2v) is 7.38. The molecule has 0 bridgehead atoms. The van der Waals surface area contributed by atoms with E-state index in [0.717, 1.165) is 12.1 Å². The van der Waals surface area contributed by atoms with E-state index in [0.29, 0.717) is 45.0 Å². The zero-order chi connectivity index (χ0) is 23.8. The number of hydrogen-bond acceptors (Lipinski definition) is 4. The first-order valence-corrected chi connectivity index (χ1v) is 9.87.